The lowest BCUT2D eigenvalue weighted by Gasteiger charge is -2.23. The number of fused-ring (bicyclic) bond motifs is 1. The minimum Gasteiger partial charge on any atom is -0.480 e. The number of carbonyl (C=O) groups excluding carboxylic acids is 1. The number of halogens is 1. The molecule has 2 atom stereocenters. The van der Waals surface area contributed by atoms with Gasteiger partial charge in [0.25, 0.3) is 5.91 Å². The molecule has 0 aliphatic carbocycles. The van der Waals surface area contributed by atoms with Gasteiger partial charge in [-0.25, -0.2) is 9.78 Å². The van der Waals surface area contributed by atoms with E-state index in [2.05, 4.69) is 31.4 Å². The molecule has 2 heterocycles. The fourth-order valence-electron chi connectivity index (χ4n) is 3.41. The molecule has 0 radical (unpaired) electrons. The number of carbonyl (C=O) groups is 2. The third kappa shape index (κ3) is 5.22. The van der Waals surface area contributed by atoms with Gasteiger partial charge in [-0.1, -0.05) is 44.0 Å². The smallest absolute Gasteiger partial charge is 0.326 e. The average molecular weight is 457 g/mol. The van der Waals surface area contributed by atoms with Gasteiger partial charge in [-0.05, 0) is 51.0 Å². The fraction of sp³-hybridized carbons (Fsp3) is 0.375. The number of carboxylic acid groups (broad SMARTS) is 1. The molecule has 170 valence electrons. The van der Waals surface area contributed by atoms with Crippen LogP contribution in [0.3, 0.4) is 0 Å². The highest BCUT2D eigenvalue weighted by atomic mass is 35.5. The van der Waals surface area contributed by atoms with Gasteiger partial charge in [0, 0.05) is 27.9 Å². The predicted molar refractivity (Wildman–Crippen MR) is 127 cm³/mol. The number of benzene rings is 1. The Morgan fingerprint density at radius 1 is 1.22 bits per heavy atom. The van der Waals surface area contributed by atoms with Gasteiger partial charge < -0.3 is 15.7 Å². The van der Waals surface area contributed by atoms with Crippen LogP contribution in [0.25, 0.3) is 16.9 Å². The van der Waals surface area contributed by atoms with Crippen molar-refractivity contribution in [3.63, 3.8) is 0 Å². The number of imidazole rings is 1. The molecule has 2 aromatic heterocycles. The number of hydrogen-bond acceptors (Lipinski definition) is 4. The highest BCUT2D eigenvalue weighted by molar-refractivity contribution is 6.30. The number of nitrogens with one attached hydrogen (secondary N) is 2. The van der Waals surface area contributed by atoms with Gasteiger partial charge in [-0.2, -0.15) is 0 Å². The molecule has 32 heavy (non-hydrogen) atoms. The van der Waals surface area contributed by atoms with Crippen LogP contribution < -0.4 is 10.6 Å². The number of rotatable bonds is 7. The molecular formula is C24H29ClN4O3. The Balaban J connectivity index is 2.05. The van der Waals surface area contributed by atoms with Crippen molar-refractivity contribution < 1.29 is 14.7 Å². The van der Waals surface area contributed by atoms with E-state index in [0.717, 1.165) is 11.4 Å². The number of anilines is 1. The number of amides is 1. The Labute approximate surface area is 192 Å². The van der Waals surface area contributed by atoms with Gasteiger partial charge in [0.1, 0.15) is 23.2 Å². The Morgan fingerprint density at radius 3 is 2.53 bits per heavy atom. The first-order valence-corrected chi connectivity index (χ1v) is 11.0. The van der Waals surface area contributed by atoms with E-state index in [0.29, 0.717) is 28.3 Å². The van der Waals surface area contributed by atoms with Crippen LogP contribution in [0.1, 0.15) is 51.4 Å². The molecule has 0 aliphatic heterocycles. The molecular weight excluding hydrogens is 428 g/mol. The van der Waals surface area contributed by atoms with Gasteiger partial charge in [0.2, 0.25) is 0 Å². The molecule has 1 aromatic carbocycles. The van der Waals surface area contributed by atoms with E-state index in [1.165, 1.54) is 0 Å². The topological polar surface area (TPSA) is 95.7 Å². The molecule has 0 bridgehead atoms. The van der Waals surface area contributed by atoms with Gasteiger partial charge >= 0.3 is 5.97 Å². The first kappa shape index (κ1) is 23.6. The minimum absolute atomic E-state index is 0.191. The van der Waals surface area contributed by atoms with E-state index in [1.54, 1.807) is 31.3 Å². The monoisotopic (exact) mass is 456 g/mol. The Kier molecular flexibility index (Phi) is 6.79. The van der Waals surface area contributed by atoms with Crippen LogP contribution in [0.15, 0.2) is 42.6 Å². The standard InChI is InChI=1S/C24H29ClN4O3/c1-6-14(2)19(23(31)32)27-22(30)16-10-11-29-18(13-16)26-20(21(29)28-24(3,4)5)15-8-7-9-17(25)12-15/h7-14,19,28H,6H2,1-5H3,(H,27,30)(H,31,32). The van der Waals surface area contributed by atoms with Crippen LogP contribution in [0.5, 0.6) is 0 Å². The van der Waals surface area contributed by atoms with Crippen molar-refractivity contribution in [2.75, 3.05) is 5.32 Å². The highest BCUT2D eigenvalue weighted by Crippen LogP contribution is 2.32. The number of pyridine rings is 1. The van der Waals surface area contributed by atoms with Crippen molar-refractivity contribution in [2.24, 2.45) is 5.92 Å². The molecule has 0 saturated heterocycles. The van der Waals surface area contributed by atoms with Gasteiger partial charge in [0.15, 0.2) is 0 Å². The summed E-state index contributed by atoms with van der Waals surface area (Å²) in [5.74, 6) is -0.902. The lowest BCUT2D eigenvalue weighted by Crippen LogP contribution is -2.45. The summed E-state index contributed by atoms with van der Waals surface area (Å²) in [6.07, 6.45) is 2.40. The number of aromatic nitrogens is 2. The Hall–Kier alpha value is -3.06. The maximum absolute atomic E-state index is 12.8. The molecule has 1 amide bonds. The van der Waals surface area contributed by atoms with E-state index >= 15 is 0 Å². The second-order valence-electron chi connectivity index (χ2n) is 9.01. The number of carboxylic acids is 1. The summed E-state index contributed by atoms with van der Waals surface area (Å²) in [4.78, 5) is 29.2. The van der Waals surface area contributed by atoms with Crippen LogP contribution in [0.2, 0.25) is 5.02 Å². The summed E-state index contributed by atoms with van der Waals surface area (Å²) < 4.78 is 1.88. The van der Waals surface area contributed by atoms with Gasteiger partial charge in [0.05, 0.1) is 0 Å². The first-order valence-electron chi connectivity index (χ1n) is 10.6. The van der Waals surface area contributed by atoms with E-state index in [1.807, 2.05) is 29.5 Å². The summed E-state index contributed by atoms with van der Waals surface area (Å²) >= 11 is 6.20. The summed E-state index contributed by atoms with van der Waals surface area (Å²) in [5.41, 5.74) is 2.24. The zero-order chi connectivity index (χ0) is 23.6. The van der Waals surface area contributed by atoms with Crippen molar-refractivity contribution in [2.45, 2.75) is 52.6 Å². The molecule has 3 N–H and O–H groups in total. The summed E-state index contributed by atoms with van der Waals surface area (Å²) in [5, 5.41) is 16.2. The fourth-order valence-corrected chi connectivity index (χ4v) is 3.60. The predicted octanol–water partition coefficient (Wildman–Crippen LogP) is 5.09. The molecule has 0 spiro atoms. The second kappa shape index (κ2) is 9.20. The van der Waals surface area contributed by atoms with Crippen LogP contribution in [-0.2, 0) is 4.79 Å². The zero-order valence-corrected chi connectivity index (χ0v) is 19.7. The Bertz CT molecular complexity index is 1150. The molecule has 7 nitrogen and oxygen atoms in total. The van der Waals surface area contributed by atoms with Crippen LogP contribution in [0, 0.1) is 5.92 Å². The lowest BCUT2D eigenvalue weighted by molar-refractivity contribution is -0.140. The molecule has 0 saturated carbocycles. The molecule has 3 rings (SSSR count). The zero-order valence-electron chi connectivity index (χ0n) is 18.9. The number of aliphatic carboxylic acids is 1. The molecule has 0 aliphatic rings. The highest BCUT2D eigenvalue weighted by Gasteiger charge is 2.26. The molecule has 3 aromatic rings. The number of nitrogens with zero attached hydrogens (tertiary/aromatic N) is 2. The van der Waals surface area contributed by atoms with Crippen molar-refractivity contribution in [1.29, 1.82) is 0 Å². The van der Waals surface area contributed by atoms with Crippen LogP contribution in [0.4, 0.5) is 5.82 Å². The van der Waals surface area contributed by atoms with Crippen molar-refractivity contribution in [1.82, 2.24) is 14.7 Å². The molecule has 8 heteroatoms. The minimum atomic E-state index is -1.05. The third-order valence-corrected chi connectivity index (χ3v) is 5.48. The van der Waals surface area contributed by atoms with Crippen molar-refractivity contribution in [3.8, 4) is 11.3 Å². The second-order valence-corrected chi connectivity index (χ2v) is 9.45. The Morgan fingerprint density at radius 2 is 1.94 bits per heavy atom. The van der Waals surface area contributed by atoms with Crippen LogP contribution >= 0.6 is 11.6 Å². The maximum Gasteiger partial charge on any atom is 0.326 e. The lowest BCUT2D eigenvalue weighted by atomic mass is 9.99. The first-order chi connectivity index (χ1) is 15.0. The average Bonchev–Trinajstić information content (AvgIpc) is 3.07. The number of hydrogen-bond donors (Lipinski definition) is 3. The molecule has 2 unspecified atom stereocenters. The summed E-state index contributed by atoms with van der Waals surface area (Å²) in [6.45, 7) is 9.85. The summed E-state index contributed by atoms with van der Waals surface area (Å²) in [6, 6.07) is 9.80. The van der Waals surface area contributed by atoms with E-state index in [9.17, 15) is 14.7 Å². The van der Waals surface area contributed by atoms with Gasteiger partial charge in [-0.15, -0.1) is 0 Å². The summed E-state index contributed by atoms with van der Waals surface area (Å²) in [7, 11) is 0. The van der Waals surface area contributed by atoms with Crippen molar-refractivity contribution in [3.05, 3.63) is 53.2 Å². The van der Waals surface area contributed by atoms with E-state index < -0.39 is 17.9 Å². The van der Waals surface area contributed by atoms with E-state index in [4.69, 9.17) is 16.6 Å². The van der Waals surface area contributed by atoms with Crippen LogP contribution in [-0.4, -0.2) is 37.9 Å². The quantitative estimate of drug-likeness (QED) is 0.460. The SMILES string of the molecule is CCC(C)C(NC(=O)c1ccn2c(NC(C)(C)C)c(-c3cccc(Cl)c3)nc2c1)C(=O)O. The molecule has 0 fully saturated rings. The van der Waals surface area contributed by atoms with Gasteiger partial charge in [-0.3, -0.25) is 9.20 Å². The maximum atomic E-state index is 12.8. The normalized spacial score (nSPS) is 13.6. The largest absolute Gasteiger partial charge is 0.480 e. The van der Waals surface area contributed by atoms with Crippen molar-refractivity contribution >= 4 is 34.9 Å². The third-order valence-electron chi connectivity index (χ3n) is 5.25. The van der Waals surface area contributed by atoms with E-state index in [-0.39, 0.29) is 11.5 Å².